The Balaban J connectivity index is 1.71. The first-order chi connectivity index (χ1) is 17.3. The fourth-order valence-corrected chi connectivity index (χ4v) is 4.20. The van der Waals surface area contributed by atoms with Crippen LogP contribution < -0.4 is 10.6 Å². The summed E-state index contributed by atoms with van der Waals surface area (Å²) in [6, 6.07) is 7.08. The smallest absolute Gasteiger partial charge is 0.413 e. The fourth-order valence-electron chi connectivity index (χ4n) is 3.72. The molecule has 1 aliphatic rings. The lowest BCUT2D eigenvalue weighted by Crippen LogP contribution is -2.44. The Kier molecular flexibility index (Phi) is 7.20. The molecule has 0 aliphatic carbocycles. The van der Waals surface area contributed by atoms with Crippen LogP contribution >= 0.6 is 34.8 Å². The summed E-state index contributed by atoms with van der Waals surface area (Å²) in [7, 11) is 0. The molecule has 9 nitrogen and oxygen atoms in total. The molecular weight excluding hydrogens is 546 g/mol. The third kappa shape index (κ3) is 5.87. The van der Waals surface area contributed by atoms with E-state index in [0.29, 0.717) is 10.7 Å². The molecule has 2 aromatic heterocycles. The largest absolute Gasteiger partial charge is 0.444 e. The minimum absolute atomic E-state index is 0.00319. The number of amidine groups is 1. The van der Waals surface area contributed by atoms with Crippen LogP contribution in [0, 0.1) is 5.82 Å². The van der Waals surface area contributed by atoms with Crippen LogP contribution in [-0.2, 0) is 16.8 Å². The number of amides is 2. The highest BCUT2D eigenvalue weighted by atomic mass is 35.5. The zero-order chi connectivity index (χ0) is 27.1. The average molecular weight is 568 g/mol. The Morgan fingerprint density at radius 3 is 2.51 bits per heavy atom. The first kappa shape index (κ1) is 26.8. The van der Waals surface area contributed by atoms with Gasteiger partial charge in [0, 0.05) is 17.4 Å². The van der Waals surface area contributed by atoms with Crippen LogP contribution in [0.3, 0.4) is 0 Å². The Morgan fingerprint density at radius 2 is 1.86 bits per heavy atom. The van der Waals surface area contributed by atoms with E-state index in [1.165, 1.54) is 41.1 Å². The van der Waals surface area contributed by atoms with E-state index >= 15 is 4.39 Å². The van der Waals surface area contributed by atoms with Gasteiger partial charge in [-0.05, 0) is 58.0 Å². The number of anilines is 1. The second kappa shape index (κ2) is 9.92. The van der Waals surface area contributed by atoms with Crippen molar-refractivity contribution in [3.63, 3.8) is 0 Å². The van der Waals surface area contributed by atoms with E-state index in [2.05, 4.69) is 25.6 Å². The summed E-state index contributed by atoms with van der Waals surface area (Å²) in [6.45, 7) is 6.84. The molecule has 1 atom stereocenters. The average Bonchev–Trinajstić information content (AvgIpc) is 3.08. The molecule has 194 valence electrons. The van der Waals surface area contributed by atoms with Crippen molar-refractivity contribution in [3.05, 3.63) is 74.8 Å². The highest BCUT2D eigenvalue weighted by molar-refractivity contribution is 6.41. The number of hydrogen-bond acceptors (Lipinski definition) is 6. The molecule has 1 aromatic carbocycles. The van der Waals surface area contributed by atoms with Gasteiger partial charge < -0.3 is 14.6 Å². The summed E-state index contributed by atoms with van der Waals surface area (Å²) >= 11 is 18.4. The van der Waals surface area contributed by atoms with E-state index < -0.39 is 29.0 Å². The van der Waals surface area contributed by atoms with Crippen molar-refractivity contribution in [1.29, 1.82) is 0 Å². The van der Waals surface area contributed by atoms with Gasteiger partial charge in [-0.15, -0.1) is 0 Å². The molecule has 37 heavy (non-hydrogen) atoms. The SMILES string of the molecule is CC(C)(C)OC(=O)NC1=NC(C)(c2cc(NC(=O)c3ccc(Cl)cn3)ccc2F)Cn2c1nc(Cl)c2Cl. The molecule has 3 aromatic rings. The van der Waals surface area contributed by atoms with Gasteiger partial charge in [0.25, 0.3) is 5.91 Å². The number of rotatable bonds is 3. The van der Waals surface area contributed by atoms with E-state index in [4.69, 9.17) is 39.5 Å². The number of nitrogens with zero attached hydrogens (tertiary/aromatic N) is 4. The number of pyridine rings is 1. The molecule has 0 radical (unpaired) electrons. The monoisotopic (exact) mass is 566 g/mol. The van der Waals surface area contributed by atoms with Crippen molar-refractivity contribution >= 4 is 58.3 Å². The van der Waals surface area contributed by atoms with Gasteiger partial charge in [0.1, 0.15) is 27.8 Å². The summed E-state index contributed by atoms with van der Waals surface area (Å²) in [5.41, 5.74) is -1.49. The van der Waals surface area contributed by atoms with E-state index in [9.17, 15) is 9.59 Å². The maximum Gasteiger partial charge on any atom is 0.413 e. The quantitative estimate of drug-likeness (QED) is 0.414. The number of fused-ring (bicyclic) bond motifs is 1. The predicted molar refractivity (Wildman–Crippen MR) is 139 cm³/mol. The number of nitrogens with one attached hydrogen (secondary N) is 2. The van der Waals surface area contributed by atoms with Gasteiger partial charge in [0.05, 0.1) is 11.6 Å². The number of aromatic nitrogens is 3. The first-order valence-electron chi connectivity index (χ1n) is 11.0. The normalized spacial score (nSPS) is 17.0. The Bertz CT molecular complexity index is 1420. The van der Waals surface area contributed by atoms with Gasteiger partial charge in [-0.2, -0.15) is 0 Å². The topological polar surface area (TPSA) is 110 Å². The Hall–Kier alpha value is -3.21. The lowest BCUT2D eigenvalue weighted by Gasteiger charge is -2.33. The Morgan fingerprint density at radius 1 is 1.14 bits per heavy atom. The fraction of sp³-hybridized carbons (Fsp3) is 0.292. The molecular formula is C24H22Cl3FN6O3. The van der Waals surface area contributed by atoms with Crippen LogP contribution in [0.15, 0.2) is 41.5 Å². The number of aliphatic imine (C=N–C) groups is 1. The number of ether oxygens (including phenoxy) is 1. The van der Waals surface area contributed by atoms with Crippen LogP contribution in [0.5, 0.6) is 0 Å². The van der Waals surface area contributed by atoms with Gasteiger partial charge in [-0.3, -0.25) is 15.1 Å². The van der Waals surface area contributed by atoms with E-state index in [1.54, 1.807) is 27.7 Å². The lowest BCUT2D eigenvalue weighted by atomic mass is 9.90. The van der Waals surface area contributed by atoms with Gasteiger partial charge in [-0.25, -0.2) is 19.2 Å². The summed E-state index contributed by atoms with van der Waals surface area (Å²) < 4.78 is 22.0. The number of carbonyl (C=O) groups is 2. The van der Waals surface area contributed by atoms with Crippen LogP contribution in [-0.4, -0.2) is 38.0 Å². The zero-order valence-electron chi connectivity index (χ0n) is 20.2. The number of hydrogen-bond donors (Lipinski definition) is 2. The van der Waals surface area contributed by atoms with E-state index in [1.807, 2.05) is 0 Å². The van der Waals surface area contributed by atoms with Gasteiger partial charge in [-0.1, -0.05) is 34.8 Å². The molecule has 2 amide bonds. The minimum atomic E-state index is -1.28. The minimum Gasteiger partial charge on any atom is -0.444 e. The molecule has 0 saturated carbocycles. The molecule has 1 unspecified atom stereocenters. The van der Waals surface area contributed by atoms with Gasteiger partial charge in [0.15, 0.2) is 16.8 Å². The molecule has 3 heterocycles. The molecule has 0 saturated heterocycles. The van der Waals surface area contributed by atoms with Crippen LogP contribution in [0.1, 0.15) is 49.6 Å². The van der Waals surface area contributed by atoms with Crippen molar-refractivity contribution in [2.75, 3.05) is 5.32 Å². The number of alkyl carbamates (subject to hydrolysis) is 1. The van der Waals surface area contributed by atoms with Gasteiger partial charge in [0.2, 0.25) is 0 Å². The molecule has 0 fully saturated rings. The van der Waals surface area contributed by atoms with Gasteiger partial charge >= 0.3 is 6.09 Å². The predicted octanol–water partition coefficient (Wildman–Crippen LogP) is 5.83. The molecule has 1 aliphatic heterocycles. The molecule has 0 spiro atoms. The number of imidazole rings is 1. The second-order valence-corrected chi connectivity index (χ2v) is 10.6. The third-order valence-electron chi connectivity index (χ3n) is 5.29. The van der Waals surface area contributed by atoms with Crippen molar-refractivity contribution in [2.45, 2.75) is 45.4 Å². The summed E-state index contributed by atoms with van der Waals surface area (Å²) in [4.78, 5) is 38.0. The third-order valence-corrected chi connectivity index (χ3v) is 6.25. The lowest BCUT2D eigenvalue weighted by molar-refractivity contribution is 0.0562. The highest BCUT2D eigenvalue weighted by Gasteiger charge is 2.38. The highest BCUT2D eigenvalue weighted by Crippen LogP contribution is 2.38. The summed E-state index contributed by atoms with van der Waals surface area (Å²) in [6.07, 6.45) is 0.565. The molecule has 13 heteroatoms. The van der Waals surface area contributed by atoms with Crippen LogP contribution in [0.4, 0.5) is 14.9 Å². The summed E-state index contributed by atoms with van der Waals surface area (Å²) in [5, 5.41) is 5.74. The van der Waals surface area contributed by atoms with Crippen LogP contribution in [0.2, 0.25) is 15.3 Å². The van der Waals surface area contributed by atoms with E-state index in [-0.39, 0.29) is 39.8 Å². The number of benzene rings is 1. The Labute approximate surface area is 227 Å². The summed E-state index contributed by atoms with van der Waals surface area (Å²) in [5.74, 6) is -0.908. The maximum absolute atomic E-state index is 15.2. The van der Waals surface area contributed by atoms with Crippen molar-refractivity contribution in [1.82, 2.24) is 19.9 Å². The molecule has 4 rings (SSSR count). The maximum atomic E-state index is 15.2. The standard InChI is InChI=1S/C24H22Cl3FN6O3/c1-23(2,3)37-22(36)32-19-20-31-17(26)18(27)34(20)11-24(4,33-19)14-9-13(6-7-15(14)28)30-21(35)16-8-5-12(25)10-29-16/h5-10H,11H2,1-4H3,(H,30,35)(H,32,33,36). The number of carbonyl (C=O) groups excluding carboxylic acids is 2. The van der Waals surface area contributed by atoms with E-state index in [0.717, 1.165) is 0 Å². The van der Waals surface area contributed by atoms with Crippen molar-refractivity contribution in [3.8, 4) is 0 Å². The van der Waals surface area contributed by atoms with Crippen molar-refractivity contribution < 1.29 is 18.7 Å². The first-order valence-corrected chi connectivity index (χ1v) is 12.1. The van der Waals surface area contributed by atoms with Crippen LogP contribution in [0.25, 0.3) is 0 Å². The van der Waals surface area contributed by atoms with Crippen molar-refractivity contribution in [2.24, 2.45) is 4.99 Å². The molecule has 0 bridgehead atoms. The zero-order valence-corrected chi connectivity index (χ0v) is 22.5. The second-order valence-electron chi connectivity index (χ2n) is 9.47. The molecule has 2 N–H and O–H groups in total. The number of halogens is 4.